The number of thiocarbonyl (C=S) groups is 1. The number of methoxy groups -OCH3 is 1. The van der Waals surface area contributed by atoms with Crippen LogP contribution in [0.1, 0.15) is 13.8 Å². The Morgan fingerprint density at radius 2 is 1.95 bits per heavy atom. The van der Waals surface area contributed by atoms with Crippen LogP contribution in [-0.2, 0) is 4.74 Å². The Hall–Kier alpha value is -1.44. The number of ether oxygens (including phenoxy) is 2. The number of carbonyl (C=O) groups excluding carboxylic acids is 1. The summed E-state index contributed by atoms with van der Waals surface area (Å²) in [5.74, 6) is 0.485. The zero-order valence-corrected chi connectivity index (χ0v) is 14.9. The van der Waals surface area contributed by atoms with Crippen molar-refractivity contribution in [2.45, 2.75) is 20.0 Å². The second kappa shape index (κ2) is 8.26. The monoisotopic (exact) mass is 365 g/mol. The number of carbonyl (C=O) groups is 1. The Balaban J connectivity index is 2.83. The van der Waals surface area contributed by atoms with E-state index < -0.39 is 6.09 Å². The minimum atomic E-state index is -0.642. The molecule has 0 aliphatic carbocycles. The first-order chi connectivity index (χ1) is 10.2. The van der Waals surface area contributed by atoms with E-state index in [9.17, 15) is 4.79 Å². The minimum absolute atomic E-state index is 0.0242. The van der Waals surface area contributed by atoms with E-state index in [1.807, 2.05) is 13.8 Å². The zero-order chi connectivity index (χ0) is 16.9. The third-order valence-electron chi connectivity index (χ3n) is 2.37. The van der Waals surface area contributed by atoms with Crippen LogP contribution in [0.2, 0.25) is 10.0 Å². The highest BCUT2D eigenvalue weighted by Gasteiger charge is 2.13. The van der Waals surface area contributed by atoms with Crippen LogP contribution in [0.15, 0.2) is 12.1 Å². The zero-order valence-electron chi connectivity index (χ0n) is 12.6. The molecule has 0 spiro atoms. The number of hydrogen-bond acceptors (Lipinski definition) is 4. The summed E-state index contributed by atoms with van der Waals surface area (Å²) < 4.78 is 10.0. The minimum Gasteiger partial charge on any atom is -0.489 e. The van der Waals surface area contributed by atoms with Crippen molar-refractivity contribution in [3.05, 3.63) is 22.2 Å². The molecule has 0 unspecified atom stereocenters. The van der Waals surface area contributed by atoms with Crippen molar-refractivity contribution < 1.29 is 14.3 Å². The van der Waals surface area contributed by atoms with Gasteiger partial charge >= 0.3 is 6.09 Å². The van der Waals surface area contributed by atoms with E-state index in [-0.39, 0.29) is 11.2 Å². The Morgan fingerprint density at radius 1 is 1.32 bits per heavy atom. The van der Waals surface area contributed by atoms with E-state index in [1.54, 1.807) is 19.2 Å². The van der Waals surface area contributed by atoms with Gasteiger partial charge in [0, 0.05) is 13.1 Å². The second-order valence-electron chi connectivity index (χ2n) is 4.52. The van der Waals surface area contributed by atoms with Gasteiger partial charge in [0.1, 0.15) is 5.75 Å². The predicted molar refractivity (Wildman–Crippen MR) is 91.8 cm³/mol. The molecule has 22 heavy (non-hydrogen) atoms. The van der Waals surface area contributed by atoms with Gasteiger partial charge in [0.05, 0.1) is 28.9 Å². The van der Waals surface area contributed by atoms with Crippen LogP contribution < -0.4 is 15.5 Å². The quantitative estimate of drug-likeness (QED) is 0.629. The van der Waals surface area contributed by atoms with Crippen molar-refractivity contribution in [2.24, 2.45) is 0 Å². The fraction of sp³-hybridized carbons (Fsp3) is 0.385. The van der Waals surface area contributed by atoms with Crippen molar-refractivity contribution in [1.82, 2.24) is 10.4 Å². The van der Waals surface area contributed by atoms with E-state index in [4.69, 9.17) is 40.2 Å². The van der Waals surface area contributed by atoms with Gasteiger partial charge in [-0.05, 0) is 32.1 Å². The summed E-state index contributed by atoms with van der Waals surface area (Å²) in [6.07, 6.45) is -0.666. The van der Waals surface area contributed by atoms with E-state index in [0.717, 1.165) is 0 Å². The van der Waals surface area contributed by atoms with Gasteiger partial charge in [-0.1, -0.05) is 23.2 Å². The third kappa shape index (κ3) is 5.40. The molecule has 0 heterocycles. The van der Waals surface area contributed by atoms with Crippen LogP contribution in [0.5, 0.6) is 5.75 Å². The molecular formula is C13H17Cl2N3O3S. The van der Waals surface area contributed by atoms with Crippen LogP contribution in [-0.4, -0.2) is 36.5 Å². The lowest BCUT2D eigenvalue weighted by Gasteiger charge is -2.21. The highest BCUT2D eigenvalue weighted by Crippen LogP contribution is 2.34. The second-order valence-corrected chi connectivity index (χ2v) is 5.72. The maximum absolute atomic E-state index is 11.1. The molecule has 1 rings (SSSR count). The summed E-state index contributed by atoms with van der Waals surface area (Å²) in [5, 5.41) is 5.15. The number of amides is 1. The maximum atomic E-state index is 11.1. The Morgan fingerprint density at radius 3 is 2.50 bits per heavy atom. The van der Waals surface area contributed by atoms with Crippen LogP contribution in [0.4, 0.5) is 10.5 Å². The lowest BCUT2D eigenvalue weighted by atomic mass is 10.3. The van der Waals surface area contributed by atoms with Crippen molar-refractivity contribution in [3.63, 3.8) is 0 Å². The van der Waals surface area contributed by atoms with E-state index >= 15 is 0 Å². The first-order valence-electron chi connectivity index (χ1n) is 6.29. The first kappa shape index (κ1) is 18.6. The van der Waals surface area contributed by atoms with Gasteiger partial charge in [-0.2, -0.15) is 0 Å². The van der Waals surface area contributed by atoms with Crippen molar-refractivity contribution in [1.29, 1.82) is 0 Å². The number of anilines is 1. The molecule has 1 aromatic rings. The van der Waals surface area contributed by atoms with Gasteiger partial charge < -0.3 is 14.8 Å². The number of hydrogen-bond donors (Lipinski definition) is 2. The molecular weight excluding hydrogens is 349 g/mol. The number of nitrogens with one attached hydrogen (secondary N) is 2. The predicted octanol–water partition coefficient (Wildman–Crippen LogP) is 3.68. The smallest absolute Gasteiger partial charge is 0.425 e. The molecule has 0 bridgehead atoms. The molecule has 1 aromatic carbocycles. The molecule has 2 N–H and O–H groups in total. The molecule has 0 saturated heterocycles. The molecule has 0 atom stereocenters. The van der Waals surface area contributed by atoms with Gasteiger partial charge in [0.15, 0.2) is 5.11 Å². The van der Waals surface area contributed by atoms with Crippen LogP contribution >= 0.6 is 35.4 Å². The Bertz CT molecular complexity index is 570. The molecule has 0 aliphatic heterocycles. The summed E-state index contributed by atoms with van der Waals surface area (Å²) in [7, 11) is 2.81. The SMILES string of the molecule is COC(=O)NN(C)C(=S)Nc1cc(Cl)c(OC(C)C)cc1Cl. The molecule has 0 radical (unpaired) electrons. The molecule has 9 heteroatoms. The average Bonchev–Trinajstić information content (AvgIpc) is 2.43. The van der Waals surface area contributed by atoms with Crippen molar-refractivity contribution in [2.75, 3.05) is 19.5 Å². The molecule has 122 valence electrons. The van der Waals surface area contributed by atoms with E-state index in [2.05, 4.69) is 15.5 Å². The van der Waals surface area contributed by atoms with Gasteiger partial charge in [-0.3, -0.25) is 5.01 Å². The number of hydrazine groups is 1. The van der Waals surface area contributed by atoms with Gasteiger partial charge in [0.2, 0.25) is 0 Å². The van der Waals surface area contributed by atoms with Crippen LogP contribution in [0, 0.1) is 0 Å². The summed E-state index contributed by atoms with van der Waals surface area (Å²) in [6.45, 7) is 3.78. The van der Waals surface area contributed by atoms with Crippen LogP contribution in [0.25, 0.3) is 0 Å². The first-order valence-corrected chi connectivity index (χ1v) is 7.46. The number of rotatable bonds is 3. The molecule has 0 fully saturated rings. The largest absolute Gasteiger partial charge is 0.489 e. The highest BCUT2D eigenvalue weighted by molar-refractivity contribution is 7.80. The van der Waals surface area contributed by atoms with Crippen molar-refractivity contribution in [3.8, 4) is 5.75 Å². The fourth-order valence-corrected chi connectivity index (χ4v) is 1.97. The van der Waals surface area contributed by atoms with Gasteiger partial charge in [-0.25, -0.2) is 10.2 Å². The lowest BCUT2D eigenvalue weighted by Crippen LogP contribution is -2.45. The molecule has 0 aliphatic rings. The molecule has 0 aromatic heterocycles. The molecule has 1 amide bonds. The average molecular weight is 366 g/mol. The maximum Gasteiger partial charge on any atom is 0.425 e. The van der Waals surface area contributed by atoms with E-state index in [0.29, 0.717) is 21.5 Å². The summed E-state index contributed by atoms with van der Waals surface area (Å²) in [6, 6.07) is 3.20. The lowest BCUT2D eigenvalue weighted by molar-refractivity contribution is 0.153. The third-order valence-corrected chi connectivity index (χ3v) is 3.36. The van der Waals surface area contributed by atoms with Crippen LogP contribution in [0.3, 0.4) is 0 Å². The number of halogens is 2. The van der Waals surface area contributed by atoms with Gasteiger partial charge in [0.25, 0.3) is 0 Å². The van der Waals surface area contributed by atoms with Crippen molar-refractivity contribution >= 4 is 52.3 Å². The fourth-order valence-electron chi connectivity index (χ4n) is 1.40. The summed E-state index contributed by atoms with van der Waals surface area (Å²) >= 11 is 17.5. The number of benzene rings is 1. The molecule has 0 saturated carbocycles. The summed E-state index contributed by atoms with van der Waals surface area (Å²) in [4.78, 5) is 11.1. The highest BCUT2D eigenvalue weighted by atomic mass is 35.5. The number of nitrogens with zero attached hydrogens (tertiary/aromatic N) is 1. The Labute approximate surface area is 144 Å². The Kier molecular flexibility index (Phi) is 6.99. The topological polar surface area (TPSA) is 62.8 Å². The summed E-state index contributed by atoms with van der Waals surface area (Å²) in [5.41, 5.74) is 2.88. The standard InChI is InChI=1S/C13H17Cl2N3O3S/c1-7(2)21-11-6-8(14)10(5-9(11)15)16-12(22)18(3)17-13(19)20-4/h5-7H,1-4H3,(H,16,22)(H,17,19). The van der Waals surface area contributed by atoms with Gasteiger partial charge in [-0.15, -0.1) is 0 Å². The normalized spacial score (nSPS) is 10.1. The molecule has 6 nitrogen and oxygen atoms in total. The van der Waals surface area contributed by atoms with E-state index in [1.165, 1.54) is 12.1 Å².